The Morgan fingerprint density at radius 3 is 3.04 bits per heavy atom. The van der Waals surface area contributed by atoms with Crippen LogP contribution in [-0.4, -0.2) is 46.8 Å². The van der Waals surface area contributed by atoms with Crippen LogP contribution < -0.4 is 10.9 Å². The molecule has 0 fully saturated rings. The highest BCUT2D eigenvalue weighted by Gasteiger charge is 2.32. The van der Waals surface area contributed by atoms with Gasteiger partial charge in [-0.3, -0.25) is 19.0 Å². The Balaban J connectivity index is 1.97. The van der Waals surface area contributed by atoms with Crippen molar-refractivity contribution < 1.29 is 19.4 Å². The SMILES string of the molecule is COCCNC(=O)Cn1cnc2sc3c(c2c1=O)C(C(=O)O)CCC3. The minimum atomic E-state index is -0.923. The van der Waals surface area contributed by atoms with Gasteiger partial charge in [0.05, 0.1) is 24.2 Å². The first kappa shape index (κ1) is 17.6. The molecule has 3 rings (SSSR count). The zero-order valence-electron chi connectivity index (χ0n) is 13.8. The van der Waals surface area contributed by atoms with Gasteiger partial charge < -0.3 is 15.2 Å². The van der Waals surface area contributed by atoms with Gasteiger partial charge in [0.2, 0.25) is 5.91 Å². The van der Waals surface area contributed by atoms with E-state index in [2.05, 4.69) is 10.3 Å². The molecule has 0 aromatic carbocycles. The molecule has 1 atom stereocenters. The van der Waals surface area contributed by atoms with Crippen molar-refractivity contribution in [1.82, 2.24) is 14.9 Å². The van der Waals surface area contributed by atoms with Gasteiger partial charge in [-0.25, -0.2) is 4.98 Å². The molecule has 0 radical (unpaired) electrons. The van der Waals surface area contributed by atoms with Crippen LogP contribution in [0.25, 0.3) is 10.2 Å². The van der Waals surface area contributed by atoms with E-state index in [0.717, 1.165) is 17.7 Å². The molecule has 0 spiro atoms. The number of aryl methyl sites for hydroxylation is 1. The molecule has 0 saturated heterocycles. The van der Waals surface area contributed by atoms with Crippen LogP contribution in [0.5, 0.6) is 0 Å². The maximum atomic E-state index is 12.8. The molecule has 8 nitrogen and oxygen atoms in total. The molecule has 2 N–H and O–H groups in total. The number of rotatable bonds is 6. The van der Waals surface area contributed by atoms with Crippen LogP contribution >= 0.6 is 11.3 Å². The molecule has 1 aliphatic rings. The second kappa shape index (κ2) is 7.32. The molecule has 1 unspecified atom stereocenters. The number of hydrogen-bond acceptors (Lipinski definition) is 6. The van der Waals surface area contributed by atoms with Crippen LogP contribution in [0.4, 0.5) is 0 Å². The van der Waals surface area contributed by atoms with Crippen LogP contribution in [-0.2, 0) is 27.3 Å². The molecule has 25 heavy (non-hydrogen) atoms. The van der Waals surface area contributed by atoms with Gasteiger partial charge in [0, 0.05) is 18.5 Å². The Labute approximate surface area is 147 Å². The number of fused-ring (bicyclic) bond motifs is 3. The normalized spacial score (nSPS) is 16.6. The molecule has 2 aromatic heterocycles. The summed E-state index contributed by atoms with van der Waals surface area (Å²) in [7, 11) is 1.53. The standard InChI is InChI=1S/C16H19N3O5S/c1-24-6-5-17-11(20)7-19-8-18-14-13(15(19)21)12-9(16(22)23)3-2-4-10(12)25-14/h8-9H,2-7H2,1H3,(H,17,20)(H,22,23). The van der Waals surface area contributed by atoms with Crippen LogP contribution in [0, 0.1) is 0 Å². The van der Waals surface area contributed by atoms with Crippen molar-refractivity contribution in [3.63, 3.8) is 0 Å². The highest BCUT2D eigenvalue weighted by atomic mass is 32.1. The van der Waals surface area contributed by atoms with Crippen LogP contribution in [0.1, 0.15) is 29.2 Å². The first-order valence-electron chi connectivity index (χ1n) is 8.02. The van der Waals surface area contributed by atoms with Gasteiger partial charge in [-0.15, -0.1) is 11.3 Å². The van der Waals surface area contributed by atoms with E-state index < -0.39 is 11.9 Å². The average Bonchev–Trinajstić information content (AvgIpc) is 2.96. The lowest BCUT2D eigenvalue weighted by molar-refractivity contribution is -0.139. The van der Waals surface area contributed by atoms with E-state index in [4.69, 9.17) is 4.74 Å². The number of carboxylic acids is 1. The zero-order valence-corrected chi connectivity index (χ0v) is 14.6. The van der Waals surface area contributed by atoms with Crippen molar-refractivity contribution in [3.8, 4) is 0 Å². The van der Waals surface area contributed by atoms with Crippen molar-refractivity contribution in [2.45, 2.75) is 31.7 Å². The number of nitrogens with one attached hydrogen (secondary N) is 1. The third-order valence-electron chi connectivity index (χ3n) is 4.28. The molecule has 0 saturated carbocycles. The zero-order chi connectivity index (χ0) is 18.0. The fraction of sp³-hybridized carbons (Fsp3) is 0.500. The number of aliphatic carboxylic acids is 1. The second-order valence-electron chi connectivity index (χ2n) is 5.92. The van der Waals surface area contributed by atoms with Crippen LogP contribution in [0.15, 0.2) is 11.1 Å². The number of hydrogen-bond donors (Lipinski definition) is 2. The molecule has 2 aromatic rings. The molecule has 2 heterocycles. The maximum Gasteiger partial charge on any atom is 0.311 e. The molecule has 1 aliphatic carbocycles. The number of carbonyl (C=O) groups is 2. The predicted molar refractivity (Wildman–Crippen MR) is 92.1 cm³/mol. The first-order chi connectivity index (χ1) is 12.0. The van der Waals surface area contributed by atoms with E-state index in [1.165, 1.54) is 29.3 Å². The Kier molecular flexibility index (Phi) is 5.14. The molecule has 9 heteroatoms. The van der Waals surface area contributed by atoms with Crippen LogP contribution in [0.2, 0.25) is 0 Å². The topological polar surface area (TPSA) is 111 Å². The van der Waals surface area contributed by atoms with Gasteiger partial charge in [-0.1, -0.05) is 0 Å². The van der Waals surface area contributed by atoms with Gasteiger partial charge in [-0.05, 0) is 24.8 Å². The van der Waals surface area contributed by atoms with E-state index in [1.54, 1.807) is 0 Å². The van der Waals surface area contributed by atoms with Crippen molar-refractivity contribution in [2.24, 2.45) is 0 Å². The summed E-state index contributed by atoms with van der Waals surface area (Å²) in [4.78, 5) is 42.1. The molecular weight excluding hydrogens is 346 g/mol. The first-order valence-corrected chi connectivity index (χ1v) is 8.83. The lowest BCUT2D eigenvalue weighted by Gasteiger charge is -2.18. The minimum Gasteiger partial charge on any atom is -0.481 e. The van der Waals surface area contributed by atoms with E-state index >= 15 is 0 Å². The highest BCUT2D eigenvalue weighted by Crippen LogP contribution is 2.40. The summed E-state index contributed by atoms with van der Waals surface area (Å²) in [5.74, 6) is -1.93. The fourth-order valence-corrected chi connectivity index (χ4v) is 4.35. The van der Waals surface area contributed by atoms with Crippen molar-refractivity contribution >= 4 is 33.4 Å². The summed E-state index contributed by atoms with van der Waals surface area (Å²) < 4.78 is 6.09. The quantitative estimate of drug-likeness (QED) is 0.730. The van der Waals surface area contributed by atoms with Gasteiger partial charge in [-0.2, -0.15) is 0 Å². The molecular formula is C16H19N3O5S. The Morgan fingerprint density at radius 1 is 1.52 bits per heavy atom. The van der Waals surface area contributed by atoms with Crippen LogP contribution in [0.3, 0.4) is 0 Å². The third kappa shape index (κ3) is 3.42. The van der Waals surface area contributed by atoms with E-state index in [-0.39, 0.29) is 18.0 Å². The summed E-state index contributed by atoms with van der Waals surface area (Å²) >= 11 is 1.37. The number of thiophene rings is 1. The van der Waals surface area contributed by atoms with Crippen molar-refractivity contribution in [2.75, 3.05) is 20.3 Å². The van der Waals surface area contributed by atoms with E-state index in [9.17, 15) is 19.5 Å². The number of carboxylic acid groups (broad SMARTS) is 1. The summed E-state index contributed by atoms with van der Waals surface area (Å²) in [6.45, 7) is 0.582. The minimum absolute atomic E-state index is 0.159. The monoisotopic (exact) mass is 365 g/mol. The van der Waals surface area contributed by atoms with E-state index in [1.807, 2.05) is 0 Å². The van der Waals surface area contributed by atoms with Crippen molar-refractivity contribution in [1.29, 1.82) is 0 Å². The summed E-state index contributed by atoms with van der Waals surface area (Å²) in [6, 6.07) is 0. The largest absolute Gasteiger partial charge is 0.481 e. The van der Waals surface area contributed by atoms with Gasteiger partial charge in [0.25, 0.3) is 5.56 Å². The highest BCUT2D eigenvalue weighted by molar-refractivity contribution is 7.18. The third-order valence-corrected chi connectivity index (χ3v) is 5.45. The lowest BCUT2D eigenvalue weighted by atomic mass is 9.86. The summed E-state index contributed by atoms with van der Waals surface area (Å²) in [5, 5.41) is 12.5. The number of carbonyl (C=O) groups excluding carboxylic acids is 1. The Hall–Kier alpha value is -2.26. The van der Waals surface area contributed by atoms with Gasteiger partial charge in [0.1, 0.15) is 11.4 Å². The Morgan fingerprint density at radius 2 is 2.32 bits per heavy atom. The lowest BCUT2D eigenvalue weighted by Crippen LogP contribution is -2.34. The number of amides is 1. The van der Waals surface area contributed by atoms with Gasteiger partial charge >= 0.3 is 5.97 Å². The second-order valence-corrected chi connectivity index (χ2v) is 7.01. The average molecular weight is 365 g/mol. The summed E-state index contributed by atoms with van der Waals surface area (Å²) in [5.41, 5.74) is 0.225. The molecule has 0 aliphatic heterocycles. The number of methoxy groups -OCH3 is 1. The van der Waals surface area contributed by atoms with Gasteiger partial charge in [0.15, 0.2) is 0 Å². The fourth-order valence-electron chi connectivity index (χ4n) is 3.12. The molecule has 134 valence electrons. The van der Waals surface area contributed by atoms with E-state index in [0.29, 0.717) is 35.4 Å². The number of aromatic nitrogens is 2. The molecule has 0 bridgehead atoms. The van der Waals surface area contributed by atoms with Crippen molar-refractivity contribution in [3.05, 3.63) is 27.1 Å². The summed E-state index contributed by atoms with van der Waals surface area (Å²) in [6.07, 6.45) is 3.41. The smallest absolute Gasteiger partial charge is 0.311 e. The number of ether oxygens (including phenoxy) is 1. The molecule has 1 amide bonds. The predicted octanol–water partition coefficient (Wildman–Crippen LogP) is 0.725. The Bertz CT molecular complexity index is 873. The number of nitrogens with zero attached hydrogens (tertiary/aromatic N) is 2. The maximum absolute atomic E-state index is 12.8.